The first kappa shape index (κ1) is 12.2. The summed E-state index contributed by atoms with van der Waals surface area (Å²) >= 11 is 0. The van der Waals surface area contributed by atoms with E-state index in [9.17, 15) is 0 Å². The molecule has 0 amide bonds. The van der Waals surface area contributed by atoms with E-state index in [0.717, 1.165) is 45.7 Å². The number of benzene rings is 1. The quantitative estimate of drug-likeness (QED) is 0.876. The predicted octanol–water partition coefficient (Wildman–Crippen LogP) is 1.41. The van der Waals surface area contributed by atoms with E-state index in [0.29, 0.717) is 5.92 Å². The van der Waals surface area contributed by atoms with E-state index >= 15 is 0 Å². The fourth-order valence-electron chi connectivity index (χ4n) is 3.05. The Morgan fingerprint density at radius 3 is 2.94 bits per heavy atom. The van der Waals surface area contributed by atoms with Crippen LogP contribution >= 0.6 is 0 Å². The zero-order valence-electron chi connectivity index (χ0n) is 10.8. The number of ether oxygens (including phenoxy) is 1. The van der Waals surface area contributed by atoms with Crippen molar-refractivity contribution in [2.45, 2.75) is 25.4 Å². The lowest BCUT2D eigenvalue weighted by Gasteiger charge is -2.32. The Morgan fingerprint density at radius 2 is 2.17 bits per heavy atom. The van der Waals surface area contributed by atoms with Crippen molar-refractivity contribution in [2.75, 3.05) is 26.3 Å². The molecule has 0 saturated carbocycles. The predicted molar refractivity (Wildman–Crippen MR) is 72.3 cm³/mol. The average Bonchev–Trinajstić information content (AvgIpc) is 2.92. The van der Waals surface area contributed by atoms with E-state index in [2.05, 4.69) is 29.2 Å². The largest absolute Gasteiger partial charge is 0.381 e. The monoisotopic (exact) mass is 246 g/mol. The van der Waals surface area contributed by atoms with Crippen LogP contribution in [0.2, 0.25) is 0 Å². The second kappa shape index (κ2) is 5.39. The van der Waals surface area contributed by atoms with Crippen molar-refractivity contribution >= 4 is 0 Å². The van der Waals surface area contributed by atoms with Crippen LogP contribution in [0.25, 0.3) is 0 Å². The molecule has 3 nitrogen and oxygen atoms in total. The minimum absolute atomic E-state index is 0.262. The molecule has 1 aromatic rings. The molecular formula is C15H22N2O. The van der Waals surface area contributed by atoms with Crippen LogP contribution in [0.1, 0.15) is 17.5 Å². The van der Waals surface area contributed by atoms with Gasteiger partial charge in [0.05, 0.1) is 6.61 Å². The standard InChI is InChI=1S/C15H22N2O/c16-15(14-6-8-18-11-14)10-17-7-5-12-3-1-2-4-13(12)9-17/h1-4,14-15H,5-11,16H2. The number of fused-ring (bicyclic) bond motifs is 1. The molecule has 0 aliphatic carbocycles. The van der Waals surface area contributed by atoms with Crippen LogP contribution in [0, 0.1) is 5.92 Å². The molecule has 1 fully saturated rings. The molecule has 3 heteroatoms. The highest BCUT2D eigenvalue weighted by atomic mass is 16.5. The molecule has 0 radical (unpaired) electrons. The van der Waals surface area contributed by atoms with Crippen LogP contribution in [0.15, 0.2) is 24.3 Å². The Bertz CT molecular complexity index is 401. The molecule has 2 N–H and O–H groups in total. The van der Waals surface area contributed by atoms with Gasteiger partial charge in [-0.25, -0.2) is 0 Å². The zero-order valence-corrected chi connectivity index (χ0v) is 10.8. The molecule has 18 heavy (non-hydrogen) atoms. The molecule has 2 heterocycles. The Kier molecular flexibility index (Phi) is 3.64. The summed E-state index contributed by atoms with van der Waals surface area (Å²) in [5.74, 6) is 0.558. The lowest BCUT2D eigenvalue weighted by molar-refractivity contribution is 0.166. The maximum absolute atomic E-state index is 6.31. The first-order valence-corrected chi connectivity index (χ1v) is 6.95. The van der Waals surface area contributed by atoms with Gasteiger partial charge in [-0.3, -0.25) is 4.90 Å². The lowest BCUT2D eigenvalue weighted by Crippen LogP contribution is -2.44. The third-order valence-corrected chi connectivity index (χ3v) is 4.25. The van der Waals surface area contributed by atoms with E-state index in [1.54, 1.807) is 0 Å². The smallest absolute Gasteiger partial charge is 0.0510 e. The van der Waals surface area contributed by atoms with Gasteiger partial charge in [0, 0.05) is 38.2 Å². The van der Waals surface area contributed by atoms with Crippen molar-refractivity contribution in [1.82, 2.24) is 4.90 Å². The highest BCUT2D eigenvalue weighted by Gasteiger charge is 2.25. The minimum Gasteiger partial charge on any atom is -0.381 e. The van der Waals surface area contributed by atoms with Gasteiger partial charge in [-0.1, -0.05) is 24.3 Å². The van der Waals surface area contributed by atoms with E-state index in [4.69, 9.17) is 10.5 Å². The van der Waals surface area contributed by atoms with Gasteiger partial charge in [-0.2, -0.15) is 0 Å². The summed E-state index contributed by atoms with van der Waals surface area (Å²) in [6.45, 7) is 4.94. The van der Waals surface area contributed by atoms with Crippen molar-refractivity contribution in [3.05, 3.63) is 35.4 Å². The fraction of sp³-hybridized carbons (Fsp3) is 0.600. The van der Waals surface area contributed by atoms with Crippen molar-refractivity contribution in [3.8, 4) is 0 Å². The summed E-state index contributed by atoms with van der Waals surface area (Å²) in [4.78, 5) is 2.49. The molecule has 0 bridgehead atoms. The summed E-state index contributed by atoms with van der Waals surface area (Å²) in [5, 5.41) is 0. The van der Waals surface area contributed by atoms with Gasteiger partial charge in [0.25, 0.3) is 0 Å². The molecule has 0 spiro atoms. The Hall–Kier alpha value is -0.900. The SMILES string of the molecule is NC(CN1CCc2ccccc2C1)C1CCOC1. The Labute approximate surface area is 109 Å². The molecule has 1 saturated heterocycles. The first-order chi connectivity index (χ1) is 8.83. The molecule has 0 aromatic heterocycles. The van der Waals surface area contributed by atoms with Crippen molar-refractivity contribution in [3.63, 3.8) is 0 Å². The van der Waals surface area contributed by atoms with Gasteiger partial charge >= 0.3 is 0 Å². The highest BCUT2D eigenvalue weighted by Crippen LogP contribution is 2.21. The van der Waals surface area contributed by atoms with Crippen LogP contribution in [0.5, 0.6) is 0 Å². The summed E-state index contributed by atoms with van der Waals surface area (Å²) in [5.41, 5.74) is 9.29. The fourth-order valence-corrected chi connectivity index (χ4v) is 3.05. The zero-order chi connectivity index (χ0) is 12.4. The van der Waals surface area contributed by atoms with Gasteiger partial charge < -0.3 is 10.5 Å². The van der Waals surface area contributed by atoms with Crippen molar-refractivity contribution in [1.29, 1.82) is 0 Å². The second-order valence-corrected chi connectivity index (χ2v) is 5.54. The normalized spacial score (nSPS) is 25.9. The van der Waals surface area contributed by atoms with E-state index < -0.39 is 0 Å². The number of rotatable bonds is 3. The summed E-state index contributed by atoms with van der Waals surface area (Å²) in [6, 6.07) is 9.02. The van der Waals surface area contributed by atoms with E-state index in [1.807, 2.05) is 0 Å². The lowest BCUT2D eigenvalue weighted by atomic mass is 9.96. The van der Waals surface area contributed by atoms with E-state index in [-0.39, 0.29) is 6.04 Å². The first-order valence-electron chi connectivity index (χ1n) is 6.95. The van der Waals surface area contributed by atoms with Crippen molar-refractivity contribution in [2.24, 2.45) is 11.7 Å². The number of hydrogen-bond donors (Lipinski definition) is 1. The number of nitrogens with zero attached hydrogens (tertiary/aromatic N) is 1. The van der Waals surface area contributed by atoms with Gasteiger partial charge in [-0.15, -0.1) is 0 Å². The topological polar surface area (TPSA) is 38.5 Å². The number of hydrogen-bond acceptors (Lipinski definition) is 3. The maximum atomic E-state index is 6.31. The van der Waals surface area contributed by atoms with Gasteiger partial charge in [-0.05, 0) is 24.0 Å². The summed E-state index contributed by atoms with van der Waals surface area (Å²) in [6.07, 6.45) is 2.29. The molecule has 2 aliphatic rings. The molecule has 98 valence electrons. The van der Waals surface area contributed by atoms with Crippen LogP contribution < -0.4 is 5.73 Å². The summed E-state index contributed by atoms with van der Waals surface area (Å²) in [7, 11) is 0. The number of nitrogens with two attached hydrogens (primary N) is 1. The summed E-state index contributed by atoms with van der Waals surface area (Å²) < 4.78 is 5.43. The van der Waals surface area contributed by atoms with Crippen LogP contribution in [-0.2, 0) is 17.7 Å². The van der Waals surface area contributed by atoms with Crippen LogP contribution in [0.4, 0.5) is 0 Å². The highest BCUT2D eigenvalue weighted by molar-refractivity contribution is 5.29. The molecule has 2 aliphatic heterocycles. The molecule has 2 unspecified atom stereocenters. The average molecular weight is 246 g/mol. The molecule has 1 aromatic carbocycles. The molecular weight excluding hydrogens is 224 g/mol. The Morgan fingerprint density at radius 1 is 1.33 bits per heavy atom. The second-order valence-electron chi connectivity index (χ2n) is 5.54. The van der Waals surface area contributed by atoms with Crippen LogP contribution in [-0.4, -0.2) is 37.2 Å². The molecule has 3 rings (SSSR count). The minimum atomic E-state index is 0.262. The van der Waals surface area contributed by atoms with Gasteiger partial charge in [0.1, 0.15) is 0 Å². The Balaban J connectivity index is 1.59. The van der Waals surface area contributed by atoms with E-state index in [1.165, 1.54) is 11.1 Å². The third kappa shape index (κ3) is 2.58. The van der Waals surface area contributed by atoms with Gasteiger partial charge in [0.15, 0.2) is 0 Å². The third-order valence-electron chi connectivity index (χ3n) is 4.25. The molecule has 2 atom stereocenters. The van der Waals surface area contributed by atoms with Gasteiger partial charge in [0.2, 0.25) is 0 Å². The van der Waals surface area contributed by atoms with Crippen molar-refractivity contribution < 1.29 is 4.74 Å². The maximum Gasteiger partial charge on any atom is 0.0510 e. The van der Waals surface area contributed by atoms with Crippen LogP contribution in [0.3, 0.4) is 0 Å².